The van der Waals surface area contributed by atoms with E-state index < -0.39 is 15.9 Å². The number of aromatic nitrogens is 1. The van der Waals surface area contributed by atoms with Crippen LogP contribution < -0.4 is 9.62 Å². The lowest BCUT2D eigenvalue weighted by Crippen LogP contribution is -2.26. The van der Waals surface area contributed by atoms with Crippen molar-refractivity contribution in [3.8, 4) is 0 Å². The highest BCUT2D eigenvalue weighted by atomic mass is 35.5. The van der Waals surface area contributed by atoms with E-state index >= 15 is 0 Å². The molecule has 8 heteroatoms. The fourth-order valence-electron chi connectivity index (χ4n) is 3.17. The minimum atomic E-state index is -3.89. The molecule has 4 rings (SSSR count). The number of amides is 1. The van der Waals surface area contributed by atoms with Gasteiger partial charge in [0, 0.05) is 29.2 Å². The number of nitrogens with one attached hydrogen (secondary N) is 1. The van der Waals surface area contributed by atoms with Gasteiger partial charge in [-0.3, -0.25) is 14.1 Å². The standard InChI is InChI=1S/C23H18ClN3O3S/c1-27(19-10-4-9-18(24)15-19)31(29,30)20-11-2-7-17(14-20)23(28)26-21-12-3-6-16-8-5-13-25-22(16)21/h2-15H,1H3,(H,26,28). The van der Waals surface area contributed by atoms with E-state index in [1.807, 2.05) is 24.3 Å². The molecule has 0 spiro atoms. The zero-order valence-electron chi connectivity index (χ0n) is 16.5. The number of hydrogen-bond donors (Lipinski definition) is 1. The molecule has 1 amide bonds. The van der Waals surface area contributed by atoms with Gasteiger partial charge >= 0.3 is 0 Å². The third-order valence-corrected chi connectivity index (χ3v) is 6.82. The van der Waals surface area contributed by atoms with Crippen LogP contribution in [0, 0.1) is 0 Å². The van der Waals surface area contributed by atoms with E-state index in [-0.39, 0.29) is 10.5 Å². The minimum Gasteiger partial charge on any atom is -0.320 e. The van der Waals surface area contributed by atoms with Gasteiger partial charge in [0.25, 0.3) is 15.9 Å². The number of nitrogens with zero attached hydrogens (tertiary/aromatic N) is 2. The third-order valence-electron chi connectivity index (χ3n) is 4.81. The highest BCUT2D eigenvalue weighted by Crippen LogP contribution is 2.26. The van der Waals surface area contributed by atoms with Crippen molar-refractivity contribution >= 4 is 49.8 Å². The Hall–Kier alpha value is -3.42. The Balaban J connectivity index is 1.64. The van der Waals surface area contributed by atoms with Gasteiger partial charge in [0.2, 0.25) is 0 Å². The highest BCUT2D eigenvalue weighted by molar-refractivity contribution is 7.92. The summed E-state index contributed by atoms with van der Waals surface area (Å²) in [5.74, 6) is -0.430. The Labute approximate surface area is 185 Å². The molecule has 6 nitrogen and oxygen atoms in total. The second-order valence-electron chi connectivity index (χ2n) is 6.82. The summed E-state index contributed by atoms with van der Waals surface area (Å²) in [6.45, 7) is 0. The smallest absolute Gasteiger partial charge is 0.264 e. The number of rotatable bonds is 5. The van der Waals surface area contributed by atoms with Crippen molar-refractivity contribution in [3.05, 3.63) is 95.6 Å². The maximum atomic E-state index is 13.1. The van der Waals surface area contributed by atoms with E-state index in [1.54, 1.807) is 42.6 Å². The average Bonchev–Trinajstić information content (AvgIpc) is 2.79. The van der Waals surface area contributed by atoms with Crippen LogP contribution in [-0.2, 0) is 10.0 Å². The van der Waals surface area contributed by atoms with E-state index in [1.165, 1.54) is 25.2 Å². The Morgan fingerprint density at radius 1 is 0.968 bits per heavy atom. The SMILES string of the molecule is CN(c1cccc(Cl)c1)S(=O)(=O)c1cccc(C(=O)Nc2cccc3cccnc23)c1. The normalized spacial score (nSPS) is 11.3. The number of sulfonamides is 1. The highest BCUT2D eigenvalue weighted by Gasteiger charge is 2.23. The Kier molecular flexibility index (Phi) is 5.63. The van der Waals surface area contributed by atoms with Crippen LogP contribution in [-0.4, -0.2) is 26.4 Å². The molecule has 3 aromatic carbocycles. The molecule has 0 saturated carbocycles. The van der Waals surface area contributed by atoms with Gasteiger partial charge in [-0.25, -0.2) is 8.42 Å². The second kappa shape index (κ2) is 8.37. The predicted molar refractivity (Wildman–Crippen MR) is 123 cm³/mol. The number of para-hydroxylation sites is 1. The lowest BCUT2D eigenvalue weighted by molar-refractivity contribution is 0.102. The van der Waals surface area contributed by atoms with Crippen LogP contribution in [0.1, 0.15) is 10.4 Å². The van der Waals surface area contributed by atoms with Crippen LogP contribution in [0.25, 0.3) is 10.9 Å². The van der Waals surface area contributed by atoms with Gasteiger partial charge in [0.1, 0.15) is 0 Å². The number of hydrogen-bond acceptors (Lipinski definition) is 4. The molecule has 0 atom stereocenters. The molecular weight excluding hydrogens is 434 g/mol. The number of anilines is 2. The summed E-state index contributed by atoms with van der Waals surface area (Å²) in [5, 5.41) is 4.14. The van der Waals surface area contributed by atoms with E-state index in [0.717, 1.165) is 9.69 Å². The van der Waals surface area contributed by atoms with E-state index in [4.69, 9.17) is 11.6 Å². The molecule has 156 valence electrons. The van der Waals surface area contributed by atoms with Gasteiger partial charge in [-0.2, -0.15) is 0 Å². The van der Waals surface area contributed by atoms with Crippen LogP contribution in [0.2, 0.25) is 5.02 Å². The molecule has 0 unspecified atom stereocenters. The van der Waals surface area contributed by atoms with Crippen molar-refractivity contribution in [2.75, 3.05) is 16.7 Å². The first-order chi connectivity index (χ1) is 14.9. The molecule has 0 radical (unpaired) electrons. The van der Waals surface area contributed by atoms with E-state index in [2.05, 4.69) is 10.3 Å². The van der Waals surface area contributed by atoms with Crippen molar-refractivity contribution in [3.63, 3.8) is 0 Å². The molecule has 4 aromatic rings. The number of fused-ring (bicyclic) bond motifs is 1. The maximum Gasteiger partial charge on any atom is 0.264 e. The lowest BCUT2D eigenvalue weighted by Gasteiger charge is -2.20. The average molecular weight is 452 g/mol. The molecule has 0 bridgehead atoms. The van der Waals surface area contributed by atoms with Gasteiger partial charge < -0.3 is 5.32 Å². The van der Waals surface area contributed by atoms with Crippen LogP contribution in [0.15, 0.2) is 90.0 Å². The summed E-state index contributed by atoms with van der Waals surface area (Å²) >= 11 is 5.99. The molecule has 0 aliphatic heterocycles. The van der Waals surface area contributed by atoms with Crippen molar-refractivity contribution < 1.29 is 13.2 Å². The van der Waals surface area contributed by atoms with E-state index in [9.17, 15) is 13.2 Å². The number of carbonyl (C=O) groups is 1. The fourth-order valence-corrected chi connectivity index (χ4v) is 4.58. The van der Waals surface area contributed by atoms with Crippen molar-refractivity contribution in [2.24, 2.45) is 0 Å². The molecular formula is C23H18ClN3O3S. The molecule has 1 heterocycles. The summed E-state index contributed by atoms with van der Waals surface area (Å²) < 4.78 is 27.3. The summed E-state index contributed by atoms with van der Waals surface area (Å²) in [6.07, 6.45) is 1.65. The van der Waals surface area contributed by atoms with Crippen LogP contribution in [0.5, 0.6) is 0 Å². The molecule has 31 heavy (non-hydrogen) atoms. The number of halogens is 1. The van der Waals surface area contributed by atoms with Crippen LogP contribution >= 0.6 is 11.6 Å². The minimum absolute atomic E-state index is 0.00123. The first-order valence-corrected chi connectivity index (χ1v) is 11.2. The topological polar surface area (TPSA) is 79.4 Å². The van der Waals surface area contributed by atoms with Crippen LogP contribution in [0.4, 0.5) is 11.4 Å². The fraction of sp³-hybridized carbons (Fsp3) is 0.0435. The summed E-state index contributed by atoms with van der Waals surface area (Å²) in [7, 11) is -2.45. The quantitative estimate of drug-likeness (QED) is 0.464. The van der Waals surface area contributed by atoms with Gasteiger partial charge in [-0.1, -0.05) is 41.9 Å². The number of carbonyl (C=O) groups excluding carboxylic acids is 1. The van der Waals surface area contributed by atoms with E-state index in [0.29, 0.717) is 21.9 Å². The zero-order valence-corrected chi connectivity index (χ0v) is 18.1. The number of benzene rings is 3. The zero-order chi connectivity index (χ0) is 22.0. The second-order valence-corrected chi connectivity index (χ2v) is 9.22. The molecule has 0 aliphatic rings. The van der Waals surface area contributed by atoms with Gasteiger partial charge in [-0.05, 0) is 48.5 Å². The van der Waals surface area contributed by atoms with Gasteiger partial charge in [0.15, 0.2) is 0 Å². The van der Waals surface area contributed by atoms with Crippen molar-refractivity contribution in [2.45, 2.75) is 4.90 Å². The summed E-state index contributed by atoms with van der Waals surface area (Å²) in [4.78, 5) is 17.2. The van der Waals surface area contributed by atoms with Crippen molar-refractivity contribution in [1.29, 1.82) is 0 Å². The predicted octanol–water partition coefficient (Wildman–Crippen LogP) is 4.97. The Morgan fingerprint density at radius 2 is 1.71 bits per heavy atom. The van der Waals surface area contributed by atoms with Crippen molar-refractivity contribution in [1.82, 2.24) is 4.98 Å². The lowest BCUT2D eigenvalue weighted by atomic mass is 10.1. The van der Waals surface area contributed by atoms with Gasteiger partial charge in [-0.15, -0.1) is 0 Å². The van der Waals surface area contributed by atoms with Crippen LogP contribution in [0.3, 0.4) is 0 Å². The molecule has 1 aromatic heterocycles. The molecule has 1 N–H and O–H groups in total. The third kappa shape index (κ3) is 4.23. The maximum absolute atomic E-state index is 13.1. The first-order valence-electron chi connectivity index (χ1n) is 9.36. The first kappa shape index (κ1) is 20.8. The molecule has 0 saturated heterocycles. The molecule has 0 aliphatic carbocycles. The Bertz CT molecular complexity index is 1380. The van der Waals surface area contributed by atoms with Gasteiger partial charge in [0.05, 0.1) is 21.8 Å². The largest absolute Gasteiger partial charge is 0.320 e. The summed E-state index contributed by atoms with van der Waals surface area (Å²) in [6, 6.07) is 21.6. The number of pyridine rings is 1. The monoisotopic (exact) mass is 451 g/mol. The Morgan fingerprint density at radius 3 is 2.52 bits per heavy atom. The summed E-state index contributed by atoms with van der Waals surface area (Å²) in [5.41, 5.74) is 1.84. The molecule has 0 fully saturated rings.